The molecule has 0 saturated carbocycles. The highest BCUT2D eigenvalue weighted by atomic mass is 16.3. The lowest BCUT2D eigenvalue weighted by molar-refractivity contribution is -0.134. The predicted octanol–water partition coefficient (Wildman–Crippen LogP) is 4.05. The van der Waals surface area contributed by atoms with Gasteiger partial charge in [-0.3, -0.25) is 9.59 Å². The molecule has 1 aromatic carbocycles. The van der Waals surface area contributed by atoms with E-state index in [1.165, 1.54) is 6.07 Å². The van der Waals surface area contributed by atoms with Crippen molar-refractivity contribution in [2.24, 2.45) is 5.92 Å². The van der Waals surface area contributed by atoms with E-state index in [1.54, 1.807) is 31.3 Å². The molecule has 6 heteroatoms. The van der Waals surface area contributed by atoms with Gasteiger partial charge >= 0.3 is 0 Å². The van der Waals surface area contributed by atoms with Crippen LogP contribution < -0.4 is 5.56 Å². The van der Waals surface area contributed by atoms with Crippen LogP contribution in [0.2, 0.25) is 0 Å². The predicted molar refractivity (Wildman–Crippen MR) is 126 cm³/mol. The fraction of sp³-hybridized carbons (Fsp3) is 0.346. The largest absolute Gasteiger partial charge is 0.508 e. The first-order valence-electron chi connectivity index (χ1n) is 11.2. The number of phenolic OH excluding ortho intramolecular Hbond substituents is 1. The van der Waals surface area contributed by atoms with Gasteiger partial charge in [0.05, 0.1) is 5.92 Å². The Labute approximate surface area is 187 Å². The van der Waals surface area contributed by atoms with Crippen molar-refractivity contribution in [3.05, 3.63) is 81.8 Å². The number of H-pyrrole nitrogens is 1. The molecule has 0 bridgehead atoms. The number of aromatic hydroxyl groups is 1. The van der Waals surface area contributed by atoms with Crippen molar-refractivity contribution in [2.45, 2.75) is 45.1 Å². The van der Waals surface area contributed by atoms with E-state index in [0.29, 0.717) is 18.6 Å². The number of amides is 1. The molecule has 1 aliphatic heterocycles. The topological polar surface area (TPSA) is 97.2 Å². The molecule has 32 heavy (non-hydrogen) atoms. The Kier molecular flexibility index (Phi) is 6.40. The molecule has 1 aliphatic carbocycles. The van der Waals surface area contributed by atoms with Crippen LogP contribution >= 0.6 is 0 Å². The Morgan fingerprint density at radius 3 is 2.81 bits per heavy atom. The Morgan fingerprint density at radius 1 is 1.28 bits per heavy atom. The van der Waals surface area contributed by atoms with Crippen molar-refractivity contribution in [3.63, 3.8) is 0 Å². The molecule has 2 atom stereocenters. The van der Waals surface area contributed by atoms with Crippen LogP contribution in [-0.4, -0.2) is 39.2 Å². The summed E-state index contributed by atoms with van der Waals surface area (Å²) in [5, 5.41) is 18.0. The van der Waals surface area contributed by atoms with Gasteiger partial charge in [-0.05, 0) is 85.6 Å². The molecule has 2 aliphatic rings. The van der Waals surface area contributed by atoms with Gasteiger partial charge in [0.1, 0.15) is 5.75 Å². The van der Waals surface area contributed by atoms with Crippen molar-refractivity contribution >= 4 is 17.2 Å². The molecule has 2 aromatic rings. The van der Waals surface area contributed by atoms with E-state index in [9.17, 15) is 14.7 Å². The second-order valence-electron chi connectivity index (χ2n) is 8.64. The number of phenols is 1. The van der Waals surface area contributed by atoms with Crippen molar-refractivity contribution in [1.82, 2.24) is 9.88 Å². The van der Waals surface area contributed by atoms with Gasteiger partial charge in [-0.2, -0.15) is 0 Å². The summed E-state index contributed by atoms with van der Waals surface area (Å²) in [6, 6.07) is 8.76. The van der Waals surface area contributed by atoms with Gasteiger partial charge in [0.2, 0.25) is 11.5 Å². The number of nitrogens with zero attached hydrogens (tertiary/aromatic N) is 1. The Hall–Kier alpha value is -3.41. The third-order valence-corrected chi connectivity index (χ3v) is 6.45. The summed E-state index contributed by atoms with van der Waals surface area (Å²) in [4.78, 5) is 29.2. The highest BCUT2D eigenvalue weighted by Crippen LogP contribution is 2.30. The van der Waals surface area contributed by atoms with Gasteiger partial charge in [-0.25, -0.2) is 0 Å². The quantitative estimate of drug-likeness (QED) is 0.602. The van der Waals surface area contributed by atoms with E-state index in [-0.39, 0.29) is 29.2 Å². The number of allylic oxidation sites excluding steroid dienone is 3. The minimum absolute atomic E-state index is 0.129. The first-order chi connectivity index (χ1) is 15.4. The van der Waals surface area contributed by atoms with Gasteiger partial charge in [-0.1, -0.05) is 18.2 Å². The maximum Gasteiger partial charge on any atom is 0.247 e. The van der Waals surface area contributed by atoms with Crippen molar-refractivity contribution in [2.75, 3.05) is 6.54 Å². The zero-order chi connectivity index (χ0) is 22.7. The van der Waals surface area contributed by atoms with E-state index in [1.807, 2.05) is 23.1 Å². The van der Waals surface area contributed by atoms with Crippen LogP contribution in [0.5, 0.6) is 5.75 Å². The summed E-state index contributed by atoms with van der Waals surface area (Å²) in [6.07, 6.45) is 11.8. The smallest absolute Gasteiger partial charge is 0.247 e. The number of likely N-dealkylation sites (tertiary alicyclic amines) is 1. The molecular weight excluding hydrogens is 402 g/mol. The molecule has 166 valence electrons. The lowest BCUT2D eigenvalue weighted by atomic mass is 9.92. The van der Waals surface area contributed by atoms with E-state index in [2.05, 4.69) is 11.1 Å². The zero-order valence-corrected chi connectivity index (χ0v) is 18.3. The highest BCUT2D eigenvalue weighted by molar-refractivity contribution is 5.96. The second kappa shape index (κ2) is 9.39. The number of rotatable bonds is 6. The number of hydrogen-bond donors (Lipinski definition) is 3. The number of carbonyl (C=O) groups excluding carboxylic acids is 1. The number of aromatic nitrogens is 1. The molecule has 3 N–H and O–H groups in total. The third-order valence-electron chi connectivity index (χ3n) is 6.45. The molecule has 4 rings (SSSR count). The van der Waals surface area contributed by atoms with Crippen molar-refractivity contribution in [3.8, 4) is 5.75 Å². The zero-order valence-electron chi connectivity index (χ0n) is 18.3. The lowest BCUT2D eigenvalue weighted by Crippen LogP contribution is -2.39. The minimum atomic E-state index is -0.167. The van der Waals surface area contributed by atoms with E-state index < -0.39 is 0 Å². The van der Waals surface area contributed by atoms with E-state index in [4.69, 9.17) is 5.41 Å². The summed E-state index contributed by atoms with van der Waals surface area (Å²) in [7, 11) is 0. The number of hydrogen-bond acceptors (Lipinski definition) is 4. The summed E-state index contributed by atoms with van der Waals surface area (Å²) >= 11 is 0. The van der Waals surface area contributed by atoms with Crippen LogP contribution in [0.25, 0.3) is 5.57 Å². The van der Waals surface area contributed by atoms with E-state index >= 15 is 0 Å². The van der Waals surface area contributed by atoms with Crippen LogP contribution in [0.4, 0.5) is 0 Å². The standard InChI is InChI=1S/C26H29N3O3/c1-17(27)20-9-12-24(30)21(15-20)8-11-23-3-2-14-29(23)26(32)19-6-4-18(5-7-19)22-10-13-25(31)28-16-22/h4-6,9-10,12-13,15-16,19,23,27,30H,2-3,7-8,11,14H2,1H3,(H,28,31)/t19?,23-/m1/s1. The summed E-state index contributed by atoms with van der Waals surface area (Å²) in [5.74, 6) is 0.245. The summed E-state index contributed by atoms with van der Waals surface area (Å²) in [5.41, 5.74) is 3.94. The van der Waals surface area contributed by atoms with Gasteiger partial charge in [0, 0.05) is 30.6 Å². The van der Waals surface area contributed by atoms with Gasteiger partial charge in [0.25, 0.3) is 0 Å². The monoisotopic (exact) mass is 431 g/mol. The maximum absolute atomic E-state index is 13.2. The number of carbonyl (C=O) groups is 1. The number of aryl methyl sites for hydroxylation is 1. The average Bonchev–Trinajstić information content (AvgIpc) is 3.27. The molecule has 1 amide bonds. The second-order valence-corrected chi connectivity index (χ2v) is 8.64. The maximum atomic E-state index is 13.2. The van der Waals surface area contributed by atoms with Crippen molar-refractivity contribution < 1.29 is 9.90 Å². The molecule has 1 unspecified atom stereocenters. The molecule has 1 aromatic heterocycles. The summed E-state index contributed by atoms with van der Waals surface area (Å²) in [6.45, 7) is 2.51. The molecule has 2 heterocycles. The minimum Gasteiger partial charge on any atom is -0.508 e. The van der Waals surface area contributed by atoms with Gasteiger partial charge in [0.15, 0.2) is 0 Å². The number of benzene rings is 1. The first kappa shape index (κ1) is 21.8. The lowest BCUT2D eigenvalue weighted by Gasteiger charge is -2.29. The first-order valence-corrected chi connectivity index (χ1v) is 11.2. The van der Waals surface area contributed by atoms with E-state index in [0.717, 1.165) is 48.1 Å². The summed E-state index contributed by atoms with van der Waals surface area (Å²) < 4.78 is 0. The molecule has 0 radical (unpaired) electrons. The van der Waals surface area contributed by atoms with Crippen LogP contribution in [-0.2, 0) is 11.2 Å². The Bertz CT molecular complexity index is 1120. The fourth-order valence-corrected chi connectivity index (χ4v) is 4.59. The Morgan fingerprint density at radius 2 is 2.12 bits per heavy atom. The number of pyridine rings is 1. The van der Waals surface area contributed by atoms with Crippen molar-refractivity contribution in [1.29, 1.82) is 5.41 Å². The molecule has 6 nitrogen and oxygen atoms in total. The highest BCUT2D eigenvalue weighted by Gasteiger charge is 2.32. The third kappa shape index (κ3) is 4.74. The van der Waals surface area contributed by atoms with Crippen LogP contribution in [0.1, 0.15) is 49.3 Å². The van der Waals surface area contributed by atoms with Crippen LogP contribution in [0, 0.1) is 11.3 Å². The molecule has 1 saturated heterocycles. The number of aromatic amines is 1. The van der Waals surface area contributed by atoms with Crippen LogP contribution in [0.15, 0.2) is 59.6 Å². The molecule has 1 fully saturated rings. The Balaban J connectivity index is 1.39. The van der Waals surface area contributed by atoms with Gasteiger partial charge < -0.3 is 20.4 Å². The molecular formula is C26H29N3O3. The van der Waals surface area contributed by atoms with Crippen LogP contribution in [0.3, 0.4) is 0 Å². The molecule has 0 spiro atoms. The number of nitrogens with one attached hydrogen (secondary N) is 2. The normalized spacial score (nSPS) is 20.3. The SMILES string of the molecule is CC(=N)c1ccc(O)c(CC[C@H]2CCCN2C(=O)C2C=CC(c3ccc(=O)[nH]c3)=CC2)c1. The average molecular weight is 432 g/mol. The van der Waals surface area contributed by atoms with Gasteiger partial charge in [-0.15, -0.1) is 0 Å². The fourth-order valence-electron chi connectivity index (χ4n) is 4.59.